The highest BCUT2D eigenvalue weighted by Gasteiger charge is 2.21. The van der Waals surface area contributed by atoms with E-state index in [0.29, 0.717) is 34.4 Å². The van der Waals surface area contributed by atoms with Gasteiger partial charge in [-0.25, -0.2) is 0 Å². The van der Waals surface area contributed by atoms with E-state index in [-0.39, 0.29) is 5.54 Å². The summed E-state index contributed by atoms with van der Waals surface area (Å²) < 4.78 is 0. The lowest BCUT2D eigenvalue weighted by molar-refractivity contribution is 0.318. The maximum atomic E-state index is 6.37. The number of rotatable bonds is 28. The molecule has 0 fully saturated rings. The third-order valence-electron chi connectivity index (χ3n) is 11.7. The van der Waals surface area contributed by atoms with Gasteiger partial charge in [-0.15, -0.1) is 0 Å². The summed E-state index contributed by atoms with van der Waals surface area (Å²) in [5.74, 6) is 0. The molecule has 0 aromatic rings. The minimum Gasteiger partial charge on any atom is -0.328 e. The summed E-state index contributed by atoms with van der Waals surface area (Å²) in [6.07, 6.45) is 22.7. The van der Waals surface area contributed by atoms with Gasteiger partial charge in [0.1, 0.15) is 0 Å². The molecule has 6 N–H and O–H groups in total. The van der Waals surface area contributed by atoms with Crippen molar-refractivity contribution >= 4 is 0 Å². The fourth-order valence-electron chi connectivity index (χ4n) is 5.57. The number of hydrogen-bond acceptors (Lipinski definition) is 4. The van der Waals surface area contributed by atoms with Gasteiger partial charge in [-0.05, 0) is 161 Å². The van der Waals surface area contributed by atoms with E-state index in [1.165, 1.54) is 93.8 Å². The number of nitrogens with one attached hydrogen (secondary N) is 2. The molecule has 306 valence electrons. The molecule has 4 heteroatoms. The molecule has 0 saturated carbocycles. The van der Waals surface area contributed by atoms with Crippen LogP contribution in [0, 0.1) is 16.2 Å². The molecule has 0 radical (unpaired) electrons. The lowest BCUT2D eigenvalue weighted by atomic mass is 9.83. The summed E-state index contributed by atoms with van der Waals surface area (Å²) in [6, 6.07) is 1.46. The van der Waals surface area contributed by atoms with Crippen molar-refractivity contribution in [2.75, 3.05) is 14.1 Å². The Morgan fingerprint density at radius 1 is 0.529 bits per heavy atom. The molecule has 51 heavy (non-hydrogen) atoms. The Bertz CT molecular complexity index is 879. The van der Waals surface area contributed by atoms with Crippen LogP contribution in [0.25, 0.3) is 0 Å². The van der Waals surface area contributed by atoms with Gasteiger partial charge in [0.2, 0.25) is 0 Å². The number of allylic oxidation sites excluding steroid dienone is 3. The lowest BCUT2D eigenvalue weighted by Crippen LogP contribution is -2.42. The zero-order valence-corrected chi connectivity index (χ0v) is 37.9. The quantitative estimate of drug-likeness (QED) is 0.0608. The Hall–Kier alpha value is -0.940. The first-order valence-electron chi connectivity index (χ1n) is 21.3. The molecule has 0 aliphatic rings. The van der Waals surface area contributed by atoms with Gasteiger partial charge in [0.25, 0.3) is 0 Å². The van der Waals surface area contributed by atoms with Gasteiger partial charge in [0, 0.05) is 23.7 Å². The van der Waals surface area contributed by atoms with E-state index in [1.54, 1.807) is 0 Å². The SMILES string of the molecule is C=C(CCCC(C)(N)CC(C)NC)CCC(C)(C)CC.C=C(CCCC(C)N)CCC(C)(C)CC.C=C(CCCC(C)NC)CCC(C)(C)CC. The van der Waals surface area contributed by atoms with Crippen LogP contribution < -0.4 is 22.1 Å². The first-order chi connectivity index (χ1) is 23.4. The maximum Gasteiger partial charge on any atom is 0.0140 e. The molecule has 0 heterocycles. The van der Waals surface area contributed by atoms with Gasteiger partial charge in [-0.3, -0.25) is 0 Å². The van der Waals surface area contributed by atoms with Crippen molar-refractivity contribution in [1.82, 2.24) is 10.6 Å². The normalized spacial score (nSPS) is 15.0. The van der Waals surface area contributed by atoms with E-state index >= 15 is 0 Å². The van der Waals surface area contributed by atoms with Crippen molar-refractivity contribution in [1.29, 1.82) is 0 Å². The molecule has 4 unspecified atom stereocenters. The third-order valence-corrected chi connectivity index (χ3v) is 11.7. The van der Waals surface area contributed by atoms with Gasteiger partial charge < -0.3 is 22.1 Å². The molecule has 0 aromatic carbocycles. The first-order valence-corrected chi connectivity index (χ1v) is 21.3. The highest BCUT2D eigenvalue weighted by Crippen LogP contribution is 2.31. The number of nitrogens with two attached hydrogens (primary N) is 2. The van der Waals surface area contributed by atoms with Crippen LogP contribution >= 0.6 is 0 Å². The second kappa shape index (κ2) is 29.4. The van der Waals surface area contributed by atoms with Crippen LogP contribution in [0.4, 0.5) is 0 Å². The predicted octanol–water partition coefficient (Wildman–Crippen LogP) is 13.5. The average Bonchev–Trinajstić information content (AvgIpc) is 3.05. The standard InChI is InChI=1S/C18H38N2.C15H31N.C14H29N/c1-8-17(4,5)13-11-15(2)10-9-12-18(6,19)14-16(3)20-7;1-7-15(4,5)12-11-13(2)9-8-10-14(3)16-6;1-6-14(4,5)11-10-12(2)8-7-9-13(3)15/h16,20H,2,8-14,19H2,1,3-7H3;14,16H,2,7-12H2,1,3-6H3;13H,2,6-11,15H2,1,3-5H3. The molecular weight excluding hydrogens is 621 g/mol. The van der Waals surface area contributed by atoms with Gasteiger partial charge >= 0.3 is 0 Å². The molecule has 0 aliphatic carbocycles. The van der Waals surface area contributed by atoms with Gasteiger partial charge in [0.05, 0.1) is 0 Å². The highest BCUT2D eigenvalue weighted by atomic mass is 14.9. The van der Waals surface area contributed by atoms with Crippen LogP contribution in [0.2, 0.25) is 0 Å². The molecule has 0 saturated heterocycles. The summed E-state index contributed by atoms with van der Waals surface area (Å²) in [6.45, 7) is 42.1. The largest absolute Gasteiger partial charge is 0.328 e. The molecule has 4 nitrogen and oxygen atoms in total. The molecule has 0 bridgehead atoms. The Balaban J connectivity index is -0.000000687. The zero-order chi connectivity index (χ0) is 40.3. The monoisotopic (exact) mass is 719 g/mol. The summed E-state index contributed by atoms with van der Waals surface area (Å²) in [4.78, 5) is 0. The molecule has 4 atom stereocenters. The summed E-state index contributed by atoms with van der Waals surface area (Å²) in [7, 11) is 4.03. The fourth-order valence-corrected chi connectivity index (χ4v) is 5.57. The predicted molar refractivity (Wildman–Crippen MR) is 237 cm³/mol. The van der Waals surface area contributed by atoms with Crippen molar-refractivity contribution in [3.63, 3.8) is 0 Å². The van der Waals surface area contributed by atoms with Gasteiger partial charge in [-0.1, -0.05) is 118 Å². The average molecular weight is 719 g/mol. The third kappa shape index (κ3) is 37.2. The lowest BCUT2D eigenvalue weighted by Gasteiger charge is -2.28. The van der Waals surface area contributed by atoms with Crippen molar-refractivity contribution in [3.05, 3.63) is 36.5 Å². The Morgan fingerprint density at radius 2 is 0.863 bits per heavy atom. The first kappa shape index (κ1) is 54.4. The molecule has 0 spiro atoms. The fraction of sp³-hybridized carbons (Fsp3) is 0.872. The van der Waals surface area contributed by atoms with Crippen LogP contribution in [-0.2, 0) is 0 Å². The van der Waals surface area contributed by atoms with E-state index in [1.807, 2.05) is 14.1 Å². The smallest absolute Gasteiger partial charge is 0.0140 e. The Kier molecular flexibility index (Phi) is 31.4. The van der Waals surface area contributed by atoms with Crippen molar-refractivity contribution in [2.24, 2.45) is 27.7 Å². The summed E-state index contributed by atoms with van der Waals surface area (Å²) >= 11 is 0. The van der Waals surface area contributed by atoms with E-state index in [4.69, 9.17) is 11.5 Å². The minimum absolute atomic E-state index is 0.0641. The van der Waals surface area contributed by atoms with E-state index < -0.39 is 0 Å². The second-order valence-electron chi connectivity index (χ2n) is 19.2. The van der Waals surface area contributed by atoms with Crippen LogP contribution in [0.1, 0.15) is 212 Å². The minimum atomic E-state index is -0.0641. The van der Waals surface area contributed by atoms with E-state index in [0.717, 1.165) is 44.9 Å². The Labute approximate surface area is 323 Å². The van der Waals surface area contributed by atoms with E-state index in [9.17, 15) is 0 Å². The van der Waals surface area contributed by atoms with Crippen molar-refractivity contribution in [2.45, 2.75) is 236 Å². The van der Waals surface area contributed by atoms with Crippen molar-refractivity contribution < 1.29 is 0 Å². The zero-order valence-electron chi connectivity index (χ0n) is 37.9. The molecular formula is C47H98N4. The molecule has 0 aromatic heterocycles. The van der Waals surface area contributed by atoms with Gasteiger partial charge in [0.15, 0.2) is 0 Å². The van der Waals surface area contributed by atoms with Gasteiger partial charge in [-0.2, -0.15) is 0 Å². The number of hydrogen-bond donors (Lipinski definition) is 4. The molecule has 0 amide bonds. The summed E-state index contributed by atoms with van der Waals surface area (Å²) in [5, 5.41) is 6.54. The molecule has 0 aliphatic heterocycles. The second-order valence-corrected chi connectivity index (χ2v) is 19.2. The topological polar surface area (TPSA) is 76.1 Å². The van der Waals surface area contributed by atoms with Crippen LogP contribution in [0.15, 0.2) is 36.5 Å². The van der Waals surface area contributed by atoms with Crippen LogP contribution in [-0.4, -0.2) is 37.8 Å². The Morgan fingerprint density at radius 3 is 1.18 bits per heavy atom. The highest BCUT2D eigenvalue weighted by molar-refractivity contribution is 4.97. The van der Waals surface area contributed by atoms with Crippen LogP contribution in [0.5, 0.6) is 0 Å². The van der Waals surface area contributed by atoms with E-state index in [2.05, 4.69) is 120 Å². The maximum absolute atomic E-state index is 6.37. The molecule has 0 rings (SSSR count). The summed E-state index contributed by atoms with van der Waals surface area (Å²) in [5.41, 5.74) is 17.7. The van der Waals surface area contributed by atoms with Crippen molar-refractivity contribution in [3.8, 4) is 0 Å². The van der Waals surface area contributed by atoms with Crippen LogP contribution in [0.3, 0.4) is 0 Å².